The van der Waals surface area contributed by atoms with Crippen LogP contribution in [0.3, 0.4) is 0 Å². The SMILES string of the molecule is O=C(c1ccc(F)c(F)c1)c1cnnn1-c1ccccc1. The zero-order valence-corrected chi connectivity index (χ0v) is 10.7. The van der Waals surface area contributed by atoms with E-state index in [1.54, 1.807) is 24.3 Å². The minimum Gasteiger partial charge on any atom is -0.287 e. The van der Waals surface area contributed by atoms with Crippen molar-refractivity contribution in [3.8, 4) is 5.69 Å². The van der Waals surface area contributed by atoms with Crippen LogP contribution in [0.1, 0.15) is 16.1 Å². The van der Waals surface area contributed by atoms with Crippen molar-refractivity contribution < 1.29 is 13.6 Å². The van der Waals surface area contributed by atoms with Gasteiger partial charge in [-0.3, -0.25) is 4.79 Å². The van der Waals surface area contributed by atoms with E-state index in [4.69, 9.17) is 0 Å². The van der Waals surface area contributed by atoms with Gasteiger partial charge in [0.25, 0.3) is 0 Å². The molecule has 0 unspecified atom stereocenters. The molecular formula is C15H9F2N3O. The minimum atomic E-state index is -1.07. The fourth-order valence-electron chi connectivity index (χ4n) is 1.94. The third-order valence-corrected chi connectivity index (χ3v) is 2.96. The van der Waals surface area contributed by atoms with E-state index in [-0.39, 0.29) is 11.3 Å². The molecule has 1 aromatic heterocycles. The van der Waals surface area contributed by atoms with Crippen molar-refractivity contribution in [1.29, 1.82) is 0 Å². The summed E-state index contributed by atoms with van der Waals surface area (Å²) >= 11 is 0. The molecule has 3 rings (SSSR count). The number of ketones is 1. The Kier molecular flexibility index (Phi) is 3.27. The van der Waals surface area contributed by atoms with Crippen molar-refractivity contribution in [3.63, 3.8) is 0 Å². The Bertz CT molecular complexity index is 800. The third kappa shape index (κ3) is 2.43. The highest BCUT2D eigenvalue weighted by Gasteiger charge is 2.18. The topological polar surface area (TPSA) is 47.8 Å². The molecule has 0 atom stereocenters. The molecule has 1 heterocycles. The van der Waals surface area contributed by atoms with E-state index < -0.39 is 17.4 Å². The first kappa shape index (κ1) is 13.1. The van der Waals surface area contributed by atoms with Gasteiger partial charge in [0.05, 0.1) is 11.9 Å². The smallest absolute Gasteiger partial charge is 0.213 e. The number of rotatable bonds is 3. The quantitative estimate of drug-likeness (QED) is 0.695. The summed E-state index contributed by atoms with van der Waals surface area (Å²) in [7, 11) is 0. The first-order valence-electron chi connectivity index (χ1n) is 6.12. The van der Waals surface area contributed by atoms with E-state index in [9.17, 15) is 13.6 Å². The summed E-state index contributed by atoms with van der Waals surface area (Å²) in [5.41, 5.74) is 0.863. The average Bonchev–Trinajstić information content (AvgIpc) is 2.99. The lowest BCUT2D eigenvalue weighted by atomic mass is 10.1. The number of para-hydroxylation sites is 1. The third-order valence-electron chi connectivity index (χ3n) is 2.96. The van der Waals surface area contributed by atoms with Crippen LogP contribution in [0.25, 0.3) is 5.69 Å². The number of halogens is 2. The lowest BCUT2D eigenvalue weighted by Crippen LogP contribution is -2.10. The van der Waals surface area contributed by atoms with E-state index in [1.165, 1.54) is 16.9 Å². The van der Waals surface area contributed by atoms with Gasteiger partial charge in [-0.1, -0.05) is 23.4 Å². The molecule has 0 aliphatic carbocycles. The van der Waals surface area contributed by atoms with Gasteiger partial charge in [-0.15, -0.1) is 5.10 Å². The van der Waals surface area contributed by atoms with Crippen LogP contribution in [-0.4, -0.2) is 20.8 Å². The summed E-state index contributed by atoms with van der Waals surface area (Å²) in [6.45, 7) is 0. The maximum absolute atomic E-state index is 13.2. The van der Waals surface area contributed by atoms with Crippen molar-refractivity contribution >= 4 is 5.78 Å². The van der Waals surface area contributed by atoms with Gasteiger partial charge >= 0.3 is 0 Å². The second-order valence-corrected chi connectivity index (χ2v) is 4.32. The number of aromatic nitrogens is 3. The molecule has 3 aromatic rings. The number of nitrogens with zero attached hydrogens (tertiary/aromatic N) is 3. The number of carbonyl (C=O) groups excluding carboxylic acids is 1. The first-order valence-corrected chi connectivity index (χ1v) is 6.12. The fourth-order valence-corrected chi connectivity index (χ4v) is 1.94. The molecule has 0 spiro atoms. The second kappa shape index (κ2) is 5.24. The number of hydrogen-bond acceptors (Lipinski definition) is 3. The summed E-state index contributed by atoms with van der Waals surface area (Å²) in [6, 6.07) is 11.9. The monoisotopic (exact) mass is 285 g/mol. The number of hydrogen-bond donors (Lipinski definition) is 0. The van der Waals surface area contributed by atoms with Crippen LogP contribution >= 0.6 is 0 Å². The molecule has 0 bridgehead atoms. The summed E-state index contributed by atoms with van der Waals surface area (Å²) < 4.78 is 27.5. The van der Waals surface area contributed by atoms with Gasteiger partial charge in [0.2, 0.25) is 5.78 Å². The zero-order chi connectivity index (χ0) is 14.8. The van der Waals surface area contributed by atoms with Crippen LogP contribution in [0.5, 0.6) is 0 Å². The first-order chi connectivity index (χ1) is 10.2. The largest absolute Gasteiger partial charge is 0.287 e. The number of carbonyl (C=O) groups is 1. The summed E-state index contributed by atoms with van der Waals surface area (Å²) in [6.07, 6.45) is 1.29. The standard InChI is InChI=1S/C15H9F2N3O/c16-12-7-6-10(8-13(12)17)15(21)14-9-18-19-20(14)11-4-2-1-3-5-11/h1-9H. The molecule has 0 saturated heterocycles. The Balaban J connectivity index is 2.03. The summed E-state index contributed by atoms with van der Waals surface area (Å²) in [4.78, 5) is 12.4. The van der Waals surface area contributed by atoms with Crippen LogP contribution < -0.4 is 0 Å². The highest BCUT2D eigenvalue weighted by molar-refractivity contribution is 6.07. The van der Waals surface area contributed by atoms with E-state index >= 15 is 0 Å². The van der Waals surface area contributed by atoms with Crippen molar-refractivity contribution in [1.82, 2.24) is 15.0 Å². The highest BCUT2D eigenvalue weighted by Crippen LogP contribution is 2.15. The molecule has 0 aliphatic heterocycles. The maximum atomic E-state index is 13.2. The predicted octanol–water partition coefficient (Wildman–Crippen LogP) is 2.78. The molecule has 0 N–H and O–H groups in total. The Morgan fingerprint density at radius 3 is 2.48 bits per heavy atom. The summed E-state index contributed by atoms with van der Waals surface area (Å²) in [5.74, 6) is -2.55. The molecule has 0 amide bonds. The van der Waals surface area contributed by atoms with Gasteiger partial charge in [-0.25, -0.2) is 13.5 Å². The average molecular weight is 285 g/mol. The van der Waals surface area contributed by atoms with Gasteiger partial charge in [0.1, 0.15) is 5.69 Å². The molecular weight excluding hydrogens is 276 g/mol. The molecule has 2 aromatic carbocycles. The minimum absolute atomic E-state index is 0.0355. The van der Waals surface area contributed by atoms with Gasteiger partial charge in [0, 0.05) is 5.56 Å². The molecule has 104 valence electrons. The van der Waals surface area contributed by atoms with Gasteiger partial charge < -0.3 is 0 Å². The van der Waals surface area contributed by atoms with Crippen LogP contribution in [0, 0.1) is 11.6 Å². The highest BCUT2D eigenvalue weighted by atomic mass is 19.2. The van der Waals surface area contributed by atoms with E-state index in [1.807, 2.05) is 6.07 Å². The molecule has 0 aliphatic rings. The Hall–Kier alpha value is -2.89. The van der Waals surface area contributed by atoms with Crippen LogP contribution in [0.15, 0.2) is 54.7 Å². The molecule has 6 heteroatoms. The predicted molar refractivity (Wildman–Crippen MR) is 71.1 cm³/mol. The van der Waals surface area contributed by atoms with Crippen molar-refractivity contribution in [3.05, 3.63) is 77.6 Å². The van der Waals surface area contributed by atoms with Crippen LogP contribution in [0.2, 0.25) is 0 Å². The molecule has 4 nitrogen and oxygen atoms in total. The van der Waals surface area contributed by atoms with Crippen molar-refractivity contribution in [2.24, 2.45) is 0 Å². The van der Waals surface area contributed by atoms with Crippen LogP contribution in [-0.2, 0) is 0 Å². The lowest BCUT2D eigenvalue weighted by molar-refractivity contribution is 0.103. The van der Waals surface area contributed by atoms with Crippen molar-refractivity contribution in [2.75, 3.05) is 0 Å². The molecule has 21 heavy (non-hydrogen) atoms. The maximum Gasteiger partial charge on any atom is 0.213 e. The van der Waals surface area contributed by atoms with Gasteiger partial charge in [-0.2, -0.15) is 0 Å². The summed E-state index contributed by atoms with van der Waals surface area (Å²) in [5, 5.41) is 7.56. The Morgan fingerprint density at radius 2 is 1.76 bits per heavy atom. The van der Waals surface area contributed by atoms with E-state index in [0.717, 1.165) is 12.1 Å². The molecule has 0 fully saturated rings. The zero-order valence-electron chi connectivity index (χ0n) is 10.7. The van der Waals surface area contributed by atoms with Gasteiger partial charge in [-0.05, 0) is 30.3 Å². The van der Waals surface area contributed by atoms with Gasteiger partial charge in [0.15, 0.2) is 11.6 Å². The Labute approximate surface area is 118 Å². The number of benzene rings is 2. The molecule has 0 saturated carbocycles. The van der Waals surface area contributed by atoms with Crippen LogP contribution in [0.4, 0.5) is 8.78 Å². The normalized spacial score (nSPS) is 10.6. The van der Waals surface area contributed by atoms with E-state index in [0.29, 0.717) is 5.69 Å². The lowest BCUT2D eigenvalue weighted by Gasteiger charge is -2.05. The second-order valence-electron chi connectivity index (χ2n) is 4.32. The molecule has 0 radical (unpaired) electrons. The fraction of sp³-hybridized carbons (Fsp3) is 0. The van der Waals surface area contributed by atoms with Crippen molar-refractivity contribution in [2.45, 2.75) is 0 Å². The Morgan fingerprint density at radius 1 is 1.00 bits per heavy atom. The van der Waals surface area contributed by atoms with E-state index in [2.05, 4.69) is 10.3 Å².